The van der Waals surface area contributed by atoms with Crippen molar-refractivity contribution in [2.24, 2.45) is 0 Å². The molecule has 0 atom stereocenters. The number of fused-ring (bicyclic) bond motifs is 4. The molecule has 0 radical (unpaired) electrons. The molecule has 0 unspecified atom stereocenters. The van der Waals surface area contributed by atoms with Crippen molar-refractivity contribution in [2.45, 2.75) is 36.8 Å². The molecule has 1 aliphatic rings. The number of benzene rings is 3. The van der Waals surface area contributed by atoms with E-state index in [9.17, 15) is 30.8 Å². The average molecular weight is 629 g/mol. The normalized spacial score (nSPS) is 15.0. The zero-order chi connectivity index (χ0) is 31.7. The zero-order valence-electron chi connectivity index (χ0n) is 23.6. The number of aromatic nitrogens is 2. The number of amides is 1. The molecule has 9 nitrogen and oxygen atoms in total. The van der Waals surface area contributed by atoms with Crippen molar-refractivity contribution in [1.29, 1.82) is 0 Å². The van der Waals surface area contributed by atoms with Gasteiger partial charge in [0.05, 0.1) is 15.9 Å². The highest BCUT2D eigenvalue weighted by Gasteiger charge is 2.37. The van der Waals surface area contributed by atoms with Crippen LogP contribution in [0.15, 0.2) is 77.8 Å². The van der Waals surface area contributed by atoms with Crippen LogP contribution in [-0.4, -0.2) is 37.4 Å². The third-order valence-corrected chi connectivity index (χ3v) is 8.57. The molecular formula is C30H28F4N6O3S. The highest BCUT2D eigenvalue weighted by Crippen LogP contribution is 2.35. The number of sulfonamides is 1. The number of carbonyl (C=O) groups is 1. The molecule has 2 heterocycles. The molecular weight excluding hydrogens is 600 g/mol. The number of alkyl halides is 3. The molecule has 0 saturated carbocycles. The van der Waals surface area contributed by atoms with E-state index in [-0.39, 0.29) is 23.0 Å². The first kappa shape index (κ1) is 30.9. The van der Waals surface area contributed by atoms with E-state index in [1.54, 1.807) is 42.6 Å². The zero-order valence-corrected chi connectivity index (χ0v) is 24.4. The van der Waals surface area contributed by atoms with Crippen molar-refractivity contribution in [1.82, 2.24) is 14.7 Å². The minimum absolute atomic E-state index is 0.113. The van der Waals surface area contributed by atoms with Crippen LogP contribution in [0.2, 0.25) is 0 Å². The predicted molar refractivity (Wildman–Crippen MR) is 159 cm³/mol. The molecule has 14 heteroatoms. The Morgan fingerprint density at radius 3 is 2.45 bits per heavy atom. The van der Waals surface area contributed by atoms with Gasteiger partial charge in [0.15, 0.2) is 0 Å². The first-order valence-corrected chi connectivity index (χ1v) is 15.0. The van der Waals surface area contributed by atoms with E-state index >= 15 is 0 Å². The van der Waals surface area contributed by atoms with Gasteiger partial charge in [-0.05, 0) is 74.4 Å². The lowest BCUT2D eigenvalue weighted by atomic mass is 9.82. The minimum atomic E-state index is -4.69. The van der Waals surface area contributed by atoms with Crippen molar-refractivity contribution in [3.63, 3.8) is 0 Å². The van der Waals surface area contributed by atoms with Gasteiger partial charge in [0.25, 0.3) is 0 Å². The average Bonchev–Trinajstić information content (AvgIpc) is 2.97. The lowest BCUT2D eigenvalue weighted by Crippen LogP contribution is -2.35. The molecule has 0 fully saturated rings. The van der Waals surface area contributed by atoms with E-state index in [4.69, 9.17) is 0 Å². The van der Waals surface area contributed by atoms with Gasteiger partial charge in [0, 0.05) is 41.8 Å². The maximum Gasteiger partial charge on any atom is 0.416 e. The first-order valence-electron chi connectivity index (χ1n) is 13.5. The SMILES string of the molecule is CC(C)(C(=O)Nc1ccc(-c2cnc3nc2NCCCNS(=O)(=O)c2cccc(c2)N3)cc1)c1cc(C(F)(F)F)ccc1F. The topological polar surface area (TPSA) is 125 Å². The fraction of sp³-hybridized carbons (Fsp3) is 0.233. The Morgan fingerprint density at radius 2 is 1.73 bits per heavy atom. The summed E-state index contributed by atoms with van der Waals surface area (Å²) < 4.78 is 82.0. The largest absolute Gasteiger partial charge is 0.416 e. The summed E-state index contributed by atoms with van der Waals surface area (Å²) >= 11 is 0. The van der Waals surface area contributed by atoms with Crippen LogP contribution in [0.4, 0.5) is 40.7 Å². The van der Waals surface area contributed by atoms with E-state index in [0.717, 1.165) is 0 Å². The first-order chi connectivity index (χ1) is 20.7. The third-order valence-electron chi connectivity index (χ3n) is 7.12. The molecule has 3 aromatic carbocycles. The van der Waals surface area contributed by atoms with Crippen molar-refractivity contribution < 1.29 is 30.8 Å². The lowest BCUT2D eigenvalue weighted by Gasteiger charge is -2.25. The van der Waals surface area contributed by atoms with Gasteiger partial charge in [-0.15, -0.1) is 0 Å². The summed E-state index contributed by atoms with van der Waals surface area (Å²) in [6.45, 7) is 3.30. The van der Waals surface area contributed by atoms with Crippen molar-refractivity contribution >= 4 is 39.1 Å². The Bertz CT molecular complexity index is 1810. The molecule has 0 spiro atoms. The minimum Gasteiger partial charge on any atom is -0.369 e. The van der Waals surface area contributed by atoms with E-state index in [0.29, 0.717) is 59.5 Å². The predicted octanol–water partition coefficient (Wildman–Crippen LogP) is 6.06. The standard InChI is InChI=1S/C30H28F4N6O3S/c1-29(2,24-15-19(30(32,33)34)9-12-25(24)31)27(41)38-20-10-7-18(8-11-20)23-17-36-28-39-21-5-3-6-22(16-21)44(42,43)37-14-4-13-35-26(23)40-28/h3,5-12,15-17,37H,4,13-14H2,1-2H3,(H,38,41)(H2,35,36,39,40). The molecule has 44 heavy (non-hydrogen) atoms. The fourth-order valence-electron chi connectivity index (χ4n) is 4.57. The van der Waals surface area contributed by atoms with Crippen LogP contribution < -0.4 is 20.7 Å². The summed E-state index contributed by atoms with van der Waals surface area (Å²) in [5, 5.41) is 8.90. The van der Waals surface area contributed by atoms with Gasteiger partial charge in [-0.1, -0.05) is 18.2 Å². The lowest BCUT2D eigenvalue weighted by molar-refractivity contribution is -0.137. The van der Waals surface area contributed by atoms with E-state index in [2.05, 4.69) is 30.6 Å². The quantitative estimate of drug-likeness (QED) is 0.203. The molecule has 1 aromatic heterocycles. The second-order valence-corrected chi connectivity index (χ2v) is 12.4. The summed E-state index contributed by atoms with van der Waals surface area (Å²) in [4.78, 5) is 22.2. The van der Waals surface area contributed by atoms with Crippen LogP contribution in [-0.2, 0) is 26.4 Å². The fourth-order valence-corrected chi connectivity index (χ4v) is 5.69. The molecule has 0 saturated heterocycles. The Balaban J connectivity index is 1.37. The summed E-state index contributed by atoms with van der Waals surface area (Å²) in [5.41, 5.74) is -0.895. The summed E-state index contributed by atoms with van der Waals surface area (Å²) in [6, 6.07) is 14.9. The molecule has 4 aromatic rings. The number of nitrogens with one attached hydrogen (secondary N) is 4. The van der Waals surface area contributed by atoms with Gasteiger partial charge >= 0.3 is 6.18 Å². The van der Waals surface area contributed by atoms with Gasteiger partial charge < -0.3 is 16.0 Å². The Morgan fingerprint density at radius 1 is 0.977 bits per heavy atom. The van der Waals surface area contributed by atoms with Crippen LogP contribution >= 0.6 is 0 Å². The van der Waals surface area contributed by atoms with Gasteiger partial charge in [-0.2, -0.15) is 18.2 Å². The van der Waals surface area contributed by atoms with Gasteiger partial charge in [0.2, 0.25) is 21.9 Å². The number of halogens is 4. The Kier molecular flexibility index (Phi) is 8.32. The third kappa shape index (κ3) is 6.65. The molecule has 5 rings (SSSR count). The van der Waals surface area contributed by atoms with Crippen LogP contribution in [0.25, 0.3) is 11.1 Å². The number of rotatable bonds is 4. The smallest absolute Gasteiger partial charge is 0.369 e. The van der Waals surface area contributed by atoms with Crippen LogP contribution in [0.3, 0.4) is 0 Å². The highest BCUT2D eigenvalue weighted by atomic mass is 32.2. The molecule has 1 amide bonds. The molecule has 4 bridgehead atoms. The second-order valence-electron chi connectivity index (χ2n) is 10.6. The van der Waals surface area contributed by atoms with Crippen molar-refractivity contribution in [2.75, 3.05) is 29.0 Å². The number of hydrogen-bond acceptors (Lipinski definition) is 7. The van der Waals surface area contributed by atoms with Gasteiger partial charge in [-0.25, -0.2) is 22.5 Å². The van der Waals surface area contributed by atoms with E-state index in [1.807, 2.05) is 0 Å². The van der Waals surface area contributed by atoms with Crippen LogP contribution in [0.1, 0.15) is 31.4 Å². The maximum absolute atomic E-state index is 14.5. The monoisotopic (exact) mass is 628 g/mol. The molecule has 4 N–H and O–H groups in total. The maximum atomic E-state index is 14.5. The number of carbonyl (C=O) groups excluding carboxylic acids is 1. The van der Waals surface area contributed by atoms with Crippen molar-refractivity contribution in [3.8, 4) is 11.1 Å². The van der Waals surface area contributed by atoms with E-state index < -0.39 is 38.9 Å². The highest BCUT2D eigenvalue weighted by molar-refractivity contribution is 7.89. The number of hydrogen-bond donors (Lipinski definition) is 4. The molecule has 0 aliphatic carbocycles. The summed E-state index contributed by atoms with van der Waals surface area (Å²) in [6.07, 6.45) is -2.62. The molecule has 1 aliphatic heterocycles. The number of nitrogens with zero attached hydrogens (tertiary/aromatic N) is 2. The van der Waals surface area contributed by atoms with Crippen LogP contribution in [0.5, 0.6) is 0 Å². The Hall–Kier alpha value is -4.56. The Labute approximate surface area is 251 Å². The summed E-state index contributed by atoms with van der Waals surface area (Å²) in [7, 11) is -3.69. The summed E-state index contributed by atoms with van der Waals surface area (Å²) in [5.74, 6) is -0.885. The second kappa shape index (κ2) is 11.8. The molecule has 230 valence electrons. The van der Waals surface area contributed by atoms with Crippen molar-refractivity contribution in [3.05, 3.63) is 89.9 Å². The van der Waals surface area contributed by atoms with Gasteiger partial charge in [-0.3, -0.25) is 4.79 Å². The van der Waals surface area contributed by atoms with E-state index in [1.165, 1.54) is 26.0 Å². The van der Waals surface area contributed by atoms with Gasteiger partial charge in [0.1, 0.15) is 11.6 Å². The van der Waals surface area contributed by atoms with Crippen LogP contribution in [0, 0.1) is 5.82 Å². The number of anilines is 4.